The van der Waals surface area contributed by atoms with Crippen LogP contribution in [0.3, 0.4) is 0 Å². The summed E-state index contributed by atoms with van der Waals surface area (Å²) in [6.07, 6.45) is 1.13. The van der Waals surface area contributed by atoms with Crippen molar-refractivity contribution in [1.82, 2.24) is 20.0 Å². The number of methoxy groups -OCH3 is 1. The van der Waals surface area contributed by atoms with Crippen LogP contribution < -0.4 is 5.32 Å². The van der Waals surface area contributed by atoms with Gasteiger partial charge in [0, 0.05) is 51.0 Å². The van der Waals surface area contributed by atoms with Gasteiger partial charge in [0.05, 0.1) is 32.1 Å². The molecule has 1 N–H and O–H groups in total. The Hall–Kier alpha value is -2.38. The fourth-order valence-corrected chi connectivity index (χ4v) is 3.96. The van der Waals surface area contributed by atoms with Crippen molar-refractivity contribution in [3.63, 3.8) is 0 Å². The van der Waals surface area contributed by atoms with Crippen LogP contribution in [0.4, 0.5) is 0 Å². The third-order valence-electron chi connectivity index (χ3n) is 5.72. The van der Waals surface area contributed by atoms with Gasteiger partial charge in [0.15, 0.2) is 5.96 Å². The Morgan fingerprint density at radius 1 is 1.27 bits per heavy atom. The number of nitrogens with zero attached hydrogens (tertiary/aromatic N) is 4. The van der Waals surface area contributed by atoms with Crippen LogP contribution in [-0.4, -0.2) is 61.1 Å². The molecule has 1 saturated heterocycles. The molecule has 0 aliphatic carbocycles. The fourth-order valence-electron chi connectivity index (χ4n) is 3.96. The van der Waals surface area contributed by atoms with Crippen LogP contribution in [0.1, 0.15) is 28.9 Å². The van der Waals surface area contributed by atoms with Crippen molar-refractivity contribution in [3.05, 3.63) is 52.8 Å². The lowest BCUT2D eigenvalue weighted by molar-refractivity contribution is 0.0906. The van der Waals surface area contributed by atoms with E-state index >= 15 is 0 Å². The van der Waals surface area contributed by atoms with E-state index in [2.05, 4.69) is 58.4 Å². The molecule has 2 aromatic rings. The normalized spacial score (nSPS) is 17.0. The molecule has 0 spiro atoms. The van der Waals surface area contributed by atoms with Crippen LogP contribution in [0.25, 0.3) is 0 Å². The molecule has 0 bridgehead atoms. The van der Waals surface area contributed by atoms with Crippen LogP contribution in [0.5, 0.6) is 0 Å². The average Bonchev–Trinajstić information content (AvgIpc) is 3.33. The second-order valence-corrected chi connectivity index (χ2v) is 7.87. The van der Waals surface area contributed by atoms with Gasteiger partial charge in [0.25, 0.3) is 0 Å². The molecule has 1 fully saturated rings. The van der Waals surface area contributed by atoms with Crippen LogP contribution in [0.15, 0.2) is 35.3 Å². The van der Waals surface area contributed by atoms with Crippen LogP contribution in [0, 0.1) is 19.8 Å². The van der Waals surface area contributed by atoms with E-state index in [4.69, 9.17) is 9.47 Å². The van der Waals surface area contributed by atoms with Crippen molar-refractivity contribution in [2.24, 2.45) is 10.9 Å². The number of guanidine groups is 1. The summed E-state index contributed by atoms with van der Waals surface area (Å²) in [5.41, 5.74) is 4.69. The molecule has 0 radical (unpaired) electrons. The number of hydrogen-bond donors (Lipinski definition) is 1. The lowest BCUT2D eigenvalue weighted by atomic mass is 10.1. The number of nitrogens with one attached hydrogen (secondary N) is 1. The maximum atomic E-state index is 5.95. The first kappa shape index (κ1) is 22.3. The number of aliphatic imine (C=N–C) groups is 1. The van der Waals surface area contributed by atoms with E-state index in [9.17, 15) is 0 Å². The standard InChI is InChI=1S/C23H35N5O2/c1-18-22(19(2)28(26-18)12-13-29-4)14-25-23(24-3)27-11-10-21(15-27)17-30-16-20-8-6-5-7-9-20/h5-9,21H,10-17H2,1-4H3,(H,24,25). The minimum absolute atomic E-state index is 0.535. The maximum absolute atomic E-state index is 5.95. The monoisotopic (exact) mass is 413 g/mol. The highest BCUT2D eigenvalue weighted by Gasteiger charge is 2.25. The van der Waals surface area contributed by atoms with Crippen LogP contribution in [0.2, 0.25) is 0 Å². The van der Waals surface area contributed by atoms with Gasteiger partial charge in [-0.1, -0.05) is 30.3 Å². The Morgan fingerprint density at radius 3 is 2.80 bits per heavy atom. The van der Waals surface area contributed by atoms with Crippen LogP contribution in [-0.2, 0) is 29.2 Å². The largest absolute Gasteiger partial charge is 0.383 e. The minimum Gasteiger partial charge on any atom is -0.383 e. The topological polar surface area (TPSA) is 63.9 Å². The first-order valence-electron chi connectivity index (χ1n) is 10.7. The Labute approximate surface area is 180 Å². The molecular formula is C23H35N5O2. The predicted molar refractivity (Wildman–Crippen MR) is 120 cm³/mol. The molecule has 1 unspecified atom stereocenters. The third-order valence-corrected chi connectivity index (χ3v) is 5.72. The summed E-state index contributed by atoms with van der Waals surface area (Å²) >= 11 is 0. The van der Waals surface area contributed by atoms with E-state index in [0.717, 1.165) is 50.9 Å². The molecule has 1 atom stereocenters. The highest BCUT2D eigenvalue weighted by atomic mass is 16.5. The average molecular weight is 414 g/mol. The Bertz CT molecular complexity index is 819. The number of aryl methyl sites for hydroxylation is 1. The molecule has 30 heavy (non-hydrogen) atoms. The summed E-state index contributed by atoms with van der Waals surface area (Å²) in [7, 11) is 3.57. The van der Waals surface area contributed by atoms with Crippen molar-refractivity contribution in [2.75, 3.05) is 40.5 Å². The van der Waals surface area contributed by atoms with Gasteiger partial charge in [-0.05, 0) is 25.8 Å². The summed E-state index contributed by atoms with van der Waals surface area (Å²) in [6, 6.07) is 10.3. The summed E-state index contributed by atoms with van der Waals surface area (Å²) in [5, 5.41) is 8.18. The van der Waals surface area contributed by atoms with E-state index in [-0.39, 0.29) is 0 Å². The Kier molecular flexibility index (Phi) is 8.28. The van der Waals surface area contributed by atoms with Crippen molar-refractivity contribution in [2.45, 2.75) is 40.0 Å². The molecule has 7 heteroatoms. The third kappa shape index (κ3) is 5.83. The molecule has 3 rings (SSSR count). The fraction of sp³-hybridized carbons (Fsp3) is 0.565. The molecule has 2 heterocycles. The Balaban J connectivity index is 1.47. The lowest BCUT2D eigenvalue weighted by Gasteiger charge is -2.22. The molecule has 1 aromatic heterocycles. The van der Waals surface area contributed by atoms with Gasteiger partial charge in [-0.15, -0.1) is 0 Å². The molecule has 164 valence electrons. The number of aromatic nitrogens is 2. The minimum atomic E-state index is 0.535. The van der Waals surface area contributed by atoms with Gasteiger partial charge in [-0.3, -0.25) is 9.67 Å². The van der Waals surface area contributed by atoms with Gasteiger partial charge in [-0.25, -0.2) is 0 Å². The zero-order valence-electron chi connectivity index (χ0n) is 18.7. The summed E-state index contributed by atoms with van der Waals surface area (Å²) in [5.74, 6) is 1.48. The molecular weight excluding hydrogens is 378 g/mol. The number of benzene rings is 1. The van der Waals surface area contributed by atoms with E-state index in [1.54, 1.807) is 7.11 Å². The van der Waals surface area contributed by atoms with Crippen LogP contribution >= 0.6 is 0 Å². The van der Waals surface area contributed by atoms with Crippen molar-refractivity contribution in [3.8, 4) is 0 Å². The quantitative estimate of drug-likeness (QED) is 0.506. The second kappa shape index (κ2) is 11.1. The number of ether oxygens (including phenoxy) is 2. The number of likely N-dealkylation sites (tertiary alicyclic amines) is 1. The van der Waals surface area contributed by atoms with Crippen molar-refractivity contribution >= 4 is 5.96 Å². The van der Waals surface area contributed by atoms with E-state index < -0.39 is 0 Å². The van der Waals surface area contributed by atoms with E-state index in [0.29, 0.717) is 19.1 Å². The summed E-state index contributed by atoms with van der Waals surface area (Å²) in [4.78, 5) is 6.84. The van der Waals surface area contributed by atoms with Gasteiger partial charge in [-0.2, -0.15) is 5.10 Å². The Morgan fingerprint density at radius 2 is 2.07 bits per heavy atom. The molecule has 0 amide bonds. The second-order valence-electron chi connectivity index (χ2n) is 7.87. The molecule has 7 nitrogen and oxygen atoms in total. The van der Waals surface area contributed by atoms with Gasteiger partial charge in [0.1, 0.15) is 0 Å². The molecule has 0 saturated carbocycles. The zero-order valence-corrected chi connectivity index (χ0v) is 18.7. The first-order chi connectivity index (χ1) is 14.6. The van der Waals surface area contributed by atoms with E-state index in [1.165, 1.54) is 16.8 Å². The highest BCUT2D eigenvalue weighted by Crippen LogP contribution is 2.18. The number of hydrogen-bond acceptors (Lipinski definition) is 4. The molecule has 1 aromatic carbocycles. The van der Waals surface area contributed by atoms with Crippen molar-refractivity contribution < 1.29 is 9.47 Å². The summed E-state index contributed by atoms with van der Waals surface area (Å²) < 4.78 is 13.2. The van der Waals surface area contributed by atoms with Crippen molar-refractivity contribution in [1.29, 1.82) is 0 Å². The summed E-state index contributed by atoms with van der Waals surface area (Å²) in [6.45, 7) is 9.78. The molecule has 1 aliphatic rings. The van der Waals surface area contributed by atoms with Gasteiger partial charge >= 0.3 is 0 Å². The van der Waals surface area contributed by atoms with E-state index in [1.807, 2.05) is 17.8 Å². The smallest absolute Gasteiger partial charge is 0.193 e. The maximum Gasteiger partial charge on any atom is 0.193 e. The first-order valence-corrected chi connectivity index (χ1v) is 10.7. The lowest BCUT2D eigenvalue weighted by Crippen LogP contribution is -2.40. The molecule has 1 aliphatic heterocycles. The SMILES string of the molecule is CN=C(NCc1c(C)nn(CCOC)c1C)N1CCC(COCc2ccccc2)C1. The zero-order chi connectivity index (χ0) is 21.3. The van der Waals surface area contributed by atoms with Gasteiger partial charge < -0.3 is 19.7 Å². The van der Waals surface area contributed by atoms with Gasteiger partial charge in [0.2, 0.25) is 0 Å². The predicted octanol–water partition coefficient (Wildman–Crippen LogP) is 2.76. The number of rotatable bonds is 9. The highest BCUT2D eigenvalue weighted by molar-refractivity contribution is 5.80.